The van der Waals surface area contributed by atoms with Gasteiger partial charge in [-0.15, -0.1) is 0 Å². The maximum absolute atomic E-state index is 11.7. The molecule has 5 heteroatoms. The first kappa shape index (κ1) is 21.9. The van der Waals surface area contributed by atoms with Crippen LogP contribution in [0.1, 0.15) is 27.9 Å². The lowest BCUT2D eigenvalue weighted by atomic mass is 10.0. The first-order valence-corrected chi connectivity index (χ1v) is 11.0. The van der Waals surface area contributed by atoms with Gasteiger partial charge < -0.3 is 14.4 Å². The Morgan fingerprint density at radius 1 is 0.875 bits per heavy atom. The van der Waals surface area contributed by atoms with E-state index in [4.69, 9.17) is 4.74 Å². The third-order valence-electron chi connectivity index (χ3n) is 5.80. The number of pyridine rings is 1. The average Bonchev–Trinajstić information content (AvgIpc) is 2.82. The van der Waals surface area contributed by atoms with Gasteiger partial charge in [0.1, 0.15) is 0 Å². The monoisotopic (exact) mass is 428 g/mol. The van der Waals surface area contributed by atoms with Crippen molar-refractivity contribution >= 4 is 0 Å². The predicted molar refractivity (Wildman–Crippen MR) is 126 cm³/mol. The van der Waals surface area contributed by atoms with Crippen molar-refractivity contribution in [2.45, 2.75) is 19.4 Å². The van der Waals surface area contributed by atoms with Crippen LogP contribution in [0.3, 0.4) is 0 Å². The minimum atomic E-state index is -0.335. The van der Waals surface area contributed by atoms with E-state index >= 15 is 0 Å². The van der Waals surface area contributed by atoms with Gasteiger partial charge in [-0.25, -0.2) is 0 Å². The molecule has 0 aliphatic carbocycles. The second-order valence-corrected chi connectivity index (χ2v) is 8.12. The molecule has 4 rings (SSSR count). The summed E-state index contributed by atoms with van der Waals surface area (Å²) >= 11 is 0. The molecule has 0 amide bonds. The second kappa shape index (κ2) is 10.3. The van der Waals surface area contributed by atoms with Crippen molar-refractivity contribution in [1.82, 2.24) is 9.47 Å². The molecule has 1 aliphatic rings. The summed E-state index contributed by atoms with van der Waals surface area (Å²) in [6, 6.07) is 18.0. The molecular formula is C27H28N2O3. The van der Waals surface area contributed by atoms with Crippen molar-refractivity contribution in [3.05, 3.63) is 99.0 Å². The minimum Gasteiger partial charge on any atom is -0.503 e. The summed E-state index contributed by atoms with van der Waals surface area (Å²) in [6.45, 7) is 4.56. The second-order valence-electron chi connectivity index (χ2n) is 8.12. The van der Waals surface area contributed by atoms with E-state index in [-0.39, 0.29) is 11.2 Å². The van der Waals surface area contributed by atoms with Crippen LogP contribution in [0.5, 0.6) is 5.75 Å². The topological polar surface area (TPSA) is 54.7 Å². The SMILES string of the molecule is Cn1ccc(=O)c(O)c1CCc1ccc(C#Cc2ccc(CN3CCOCC3)cc2)cc1. The van der Waals surface area contributed by atoms with Crippen LogP contribution in [0.4, 0.5) is 0 Å². The van der Waals surface area contributed by atoms with E-state index in [1.807, 2.05) is 31.3 Å². The van der Waals surface area contributed by atoms with Gasteiger partial charge in [0, 0.05) is 50.1 Å². The Bertz CT molecular complexity index is 1160. The van der Waals surface area contributed by atoms with Gasteiger partial charge in [0.15, 0.2) is 5.75 Å². The molecule has 0 spiro atoms. The Hall–Kier alpha value is -3.33. The molecule has 0 atom stereocenters. The quantitative estimate of drug-likeness (QED) is 0.635. The van der Waals surface area contributed by atoms with E-state index in [0.29, 0.717) is 12.1 Å². The van der Waals surface area contributed by atoms with Gasteiger partial charge in [-0.1, -0.05) is 36.1 Å². The molecule has 5 nitrogen and oxygen atoms in total. The van der Waals surface area contributed by atoms with Crippen molar-refractivity contribution < 1.29 is 9.84 Å². The maximum atomic E-state index is 11.7. The lowest BCUT2D eigenvalue weighted by Crippen LogP contribution is -2.35. The van der Waals surface area contributed by atoms with Crippen molar-refractivity contribution in [2.24, 2.45) is 7.05 Å². The maximum Gasteiger partial charge on any atom is 0.223 e. The number of ether oxygens (including phenoxy) is 1. The molecule has 2 aromatic carbocycles. The van der Waals surface area contributed by atoms with Crippen molar-refractivity contribution in [1.29, 1.82) is 0 Å². The first-order chi connectivity index (χ1) is 15.6. The van der Waals surface area contributed by atoms with Crippen molar-refractivity contribution in [2.75, 3.05) is 26.3 Å². The van der Waals surface area contributed by atoms with Crippen LogP contribution >= 0.6 is 0 Å². The standard InChI is InChI=1S/C27H28N2O3/c1-28-15-14-26(30)27(31)25(28)13-12-23-6-4-21(5-7-23)2-3-22-8-10-24(11-9-22)20-29-16-18-32-19-17-29/h4-11,14-15,31H,12-13,16-20H2,1H3. The van der Waals surface area contributed by atoms with E-state index < -0.39 is 0 Å². The summed E-state index contributed by atoms with van der Waals surface area (Å²) in [4.78, 5) is 14.1. The highest BCUT2D eigenvalue weighted by Crippen LogP contribution is 2.15. The summed E-state index contributed by atoms with van der Waals surface area (Å²) in [5.41, 5.74) is 4.71. The van der Waals surface area contributed by atoms with Crippen LogP contribution in [0.15, 0.2) is 65.6 Å². The normalized spacial score (nSPS) is 14.0. The van der Waals surface area contributed by atoms with Gasteiger partial charge >= 0.3 is 0 Å². The van der Waals surface area contributed by atoms with Crippen molar-refractivity contribution in [3.8, 4) is 17.6 Å². The molecule has 1 aliphatic heterocycles. The zero-order chi connectivity index (χ0) is 22.3. The molecule has 0 radical (unpaired) electrons. The third-order valence-corrected chi connectivity index (χ3v) is 5.80. The number of aromatic nitrogens is 1. The lowest BCUT2D eigenvalue weighted by Gasteiger charge is -2.26. The molecule has 2 heterocycles. The summed E-state index contributed by atoms with van der Waals surface area (Å²) in [5.74, 6) is 6.30. The zero-order valence-corrected chi connectivity index (χ0v) is 18.4. The number of hydrogen-bond donors (Lipinski definition) is 1. The first-order valence-electron chi connectivity index (χ1n) is 11.0. The van der Waals surface area contributed by atoms with Gasteiger partial charge in [-0.2, -0.15) is 0 Å². The number of nitrogens with zero attached hydrogens (tertiary/aromatic N) is 2. The number of aromatic hydroxyl groups is 1. The zero-order valence-electron chi connectivity index (χ0n) is 18.4. The number of hydrogen-bond acceptors (Lipinski definition) is 4. The van der Waals surface area contributed by atoms with Crippen molar-refractivity contribution in [3.63, 3.8) is 0 Å². The number of rotatable bonds is 5. The summed E-state index contributed by atoms with van der Waals surface area (Å²) in [7, 11) is 1.84. The Kier molecular flexibility index (Phi) is 7.06. The average molecular weight is 429 g/mol. The van der Waals surface area contributed by atoms with E-state index in [9.17, 15) is 9.90 Å². The van der Waals surface area contributed by atoms with Crippen LogP contribution in [0.25, 0.3) is 0 Å². The molecule has 0 saturated carbocycles. The van der Waals surface area contributed by atoms with Crippen LogP contribution in [0, 0.1) is 11.8 Å². The summed E-state index contributed by atoms with van der Waals surface area (Å²) < 4.78 is 7.20. The number of aryl methyl sites for hydroxylation is 2. The fourth-order valence-electron chi connectivity index (χ4n) is 3.83. The largest absolute Gasteiger partial charge is 0.503 e. The van der Waals surface area contributed by atoms with Gasteiger partial charge in [0.05, 0.1) is 18.9 Å². The molecule has 0 unspecified atom stereocenters. The van der Waals surface area contributed by atoms with E-state index in [2.05, 4.69) is 41.0 Å². The Morgan fingerprint density at radius 2 is 1.47 bits per heavy atom. The van der Waals surface area contributed by atoms with Crippen LogP contribution in [-0.4, -0.2) is 40.9 Å². The van der Waals surface area contributed by atoms with Crippen LogP contribution < -0.4 is 5.43 Å². The van der Waals surface area contributed by atoms with E-state index in [0.717, 1.165) is 56.0 Å². The fraction of sp³-hybridized carbons (Fsp3) is 0.296. The molecule has 164 valence electrons. The molecular weight excluding hydrogens is 400 g/mol. The highest BCUT2D eigenvalue weighted by Gasteiger charge is 2.10. The fourth-order valence-corrected chi connectivity index (χ4v) is 3.83. The Labute approximate surface area is 188 Å². The Morgan fingerprint density at radius 3 is 2.09 bits per heavy atom. The smallest absolute Gasteiger partial charge is 0.223 e. The van der Waals surface area contributed by atoms with E-state index in [1.54, 1.807) is 10.8 Å². The minimum absolute atomic E-state index is 0.159. The van der Waals surface area contributed by atoms with Gasteiger partial charge in [-0.3, -0.25) is 9.69 Å². The van der Waals surface area contributed by atoms with Gasteiger partial charge in [-0.05, 0) is 48.2 Å². The highest BCUT2D eigenvalue weighted by atomic mass is 16.5. The highest BCUT2D eigenvalue weighted by molar-refractivity contribution is 5.44. The molecule has 1 aromatic heterocycles. The molecule has 1 saturated heterocycles. The third kappa shape index (κ3) is 5.67. The number of benzene rings is 2. The number of morpholine rings is 1. The Balaban J connectivity index is 1.34. The summed E-state index contributed by atoms with van der Waals surface area (Å²) in [6.07, 6.45) is 3.02. The van der Waals surface area contributed by atoms with E-state index in [1.165, 1.54) is 11.6 Å². The molecule has 0 bridgehead atoms. The molecule has 1 fully saturated rings. The lowest BCUT2D eigenvalue weighted by molar-refractivity contribution is 0.0342. The van der Waals surface area contributed by atoms with Crippen LogP contribution in [0.2, 0.25) is 0 Å². The molecule has 32 heavy (non-hydrogen) atoms. The molecule has 1 N–H and O–H groups in total. The van der Waals surface area contributed by atoms with Gasteiger partial charge in [0.2, 0.25) is 5.43 Å². The predicted octanol–water partition coefficient (Wildman–Crippen LogP) is 3.11. The van der Waals surface area contributed by atoms with Crippen LogP contribution in [-0.2, 0) is 31.2 Å². The van der Waals surface area contributed by atoms with Gasteiger partial charge in [0.25, 0.3) is 0 Å². The molecule has 3 aromatic rings. The summed E-state index contributed by atoms with van der Waals surface area (Å²) in [5, 5.41) is 10.0.